The van der Waals surface area contributed by atoms with Gasteiger partial charge in [0.15, 0.2) is 0 Å². The summed E-state index contributed by atoms with van der Waals surface area (Å²) in [6.07, 6.45) is 4.59. The Labute approximate surface area is 93.8 Å². The fourth-order valence-corrected chi connectivity index (χ4v) is 2.63. The Morgan fingerprint density at radius 2 is 2.00 bits per heavy atom. The molecule has 0 aliphatic carbocycles. The van der Waals surface area contributed by atoms with Crippen molar-refractivity contribution in [1.82, 2.24) is 4.98 Å². The maximum absolute atomic E-state index is 5.77. The van der Waals surface area contributed by atoms with Gasteiger partial charge in [-0.1, -0.05) is 0 Å². The molecule has 2 heterocycles. The van der Waals surface area contributed by atoms with Crippen LogP contribution in [0, 0.1) is 0 Å². The van der Waals surface area contributed by atoms with Gasteiger partial charge in [0.05, 0.1) is 0 Å². The van der Waals surface area contributed by atoms with E-state index in [0.29, 0.717) is 0 Å². The lowest BCUT2D eigenvalue weighted by atomic mass is 10.2. The number of nitrogens with two attached hydrogens (primary N) is 1. The fraction of sp³-hybridized carbons (Fsp3) is 0.250. The lowest BCUT2D eigenvalue weighted by Crippen LogP contribution is -2.16. The molecule has 2 aromatic heterocycles. The summed E-state index contributed by atoms with van der Waals surface area (Å²) in [4.78, 5) is 6.64. The number of thiophene rings is 1. The molecule has 0 aromatic carbocycles. The quantitative estimate of drug-likeness (QED) is 0.860. The molecule has 2 aromatic rings. The average molecular weight is 218 g/mol. The lowest BCUT2D eigenvalue weighted by molar-refractivity contribution is 0.746. The second-order valence-electron chi connectivity index (χ2n) is 3.68. The van der Waals surface area contributed by atoms with Crippen LogP contribution in [0.25, 0.3) is 10.4 Å². The van der Waals surface area contributed by atoms with E-state index in [2.05, 4.69) is 17.1 Å². The summed E-state index contributed by atoms with van der Waals surface area (Å²) >= 11 is 1.81. The van der Waals surface area contributed by atoms with E-state index in [1.54, 1.807) is 11.3 Å². The van der Waals surface area contributed by atoms with E-state index in [4.69, 9.17) is 5.73 Å². The van der Waals surface area contributed by atoms with E-state index in [0.717, 1.165) is 6.42 Å². The molecule has 0 fully saturated rings. The van der Waals surface area contributed by atoms with Crippen molar-refractivity contribution in [2.45, 2.75) is 19.4 Å². The molecule has 2 nitrogen and oxygen atoms in total. The Morgan fingerprint density at radius 3 is 2.67 bits per heavy atom. The third-order valence-electron chi connectivity index (χ3n) is 2.15. The minimum Gasteiger partial charge on any atom is -0.328 e. The zero-order valence-corrected chi connectivity index (χ0v) is 9.50. The predicted molar refractivity (Wildman–Crippen MR) is 64.9 cm³/mol. The summed E-state index contributed by atoms with van der Waals surface area (Å²) in [7, 11) is 0. The number of aromatic nitrogens is 1. The summed E-state index contributed by atoms with van der Waals surface area (Å²) in [6, 6.07) is 8.60. The highest BCUT2D eigenvalue weighted by Gasteiger charge is 2.04. The topological polar surface area (TPSA) is 38.9 Å². The van der Waals surface area contributed by atoms with Crippen molar-refractivity contribution in [2.75, 3.05) is 0 Å². The highest BCUT2D eigenvalue weighted by Crippen LogP contribution is 2.27. The maximum Gasteiger partial charge on any atom is 0.0346 e. The average Bonchev–Trinajstić information content (AvgIpc) is 2.67. The molecule has 1 unspecified atom stereocenters. The molecule has 0 aliphatic heterocycles. The van der Waals surface area contributed by atoms with Gasteiger partial charge in [0.1, 0.15) is 0 Å². The van der Waals surface area contributed by atoms with Gasteiger partial charge in [0.25, 0.3) is 0 Å². The lowest BCUT2D eigenvalue weighted by Gasteiger charge is -2.00. The Kier molecular flexibility index (Phi) is 3.14. The van der Waals surface area contributed by atoms with Crippen LogP contribution < -0.4 is 5.73 Å². The van der Waals surface area contributed by atoms with Crippen LogP contribution in [-0.2, 0) is 6.42 Å². The molecule has 0 spiro atoms. The van der Waals surface area contributed by atoms with E-state index < -0.39 is 0 Å². The number of pyridine rings is 1. The van der Waals surface area contributed by atoms with Gasteiger partial charge in [0.2, 0.25) is 0 Å². The Hall–Kier alpha value is -1.19. The highest BCUT2D eigenvalue weighted by molar-refractivity contribution is 7.15. The van der Waals surface area contributed by atoms with Gasteiger partial charge in [-0.05, 0) is 43.2 Å². The van der Waals surface area contributed by atoms with Gasteiger partial charge in [-0.3, -0.25) is 4.98 Å². The molecule has 2 N–H and O–H groups in total. The second kappa shape index (κ2) is 4.55. The summed E-state index contributed by atoms with van der Waals surface area (Å²) < 4.78 is 0. The van der Waals surface area contributed by atoms with Gasteiger partial charge in [-0.15, -0.1) is 11.3 Å². The van der Waals surface area contributed by atoms with Crippen LogP contribution in [0.1, 0.15) is 11.8 Å². The summed E-state index contributed by atoms with van der Waals surface area (Å²) in [5.41, 5.74) is 7.00. The monoisotopic (exact) mass is 218 g/mol. The zero-order chi connectivity index (χ0) is 10.7. The van der Waals surface area contributed by atoms with Gasteiger partial charge in [0, 0.05) is 28.2 Å². The molecule has 0 saturated carbocycles. The number of rotatable bonds is 3. The third kappa shape index (κ3) is 2.64. The first-order chi connectivity index (χ1) is 7.25. The molecule has 15 heavy (non-hydrogen) atoms. The van der Waals surface area contributed by atoms with Crippen LogP contribution in [0.15, 0.2) is 36.7 Å². The van der Waals surface area contributed by atoms with E-state index in [1.807, 2.05) is 31.5 Å². The molecule has 0 radical (unpaired) electrons. The van der Waals surface area contributed by atoms with E-state index >= 15 is 0 Å². The van der Waals surface area contributed by atoms with Crippen LogP contribution in [0.3, 0.4) is 0 Å². The normalized spacial score (nSPS) is 12.7. The standard InChI is InChI=1S/C12H14N2S/c1-9(13)8-11-2-3-12(15-11)10-4-6-14-7-5-10/h2-7,9H,8,13H2,1H3. The number of nitrogens with zero attached hydrogens (tertiary/aromatic N) is 1. The van der Waals surface area contributed by atoms with Crippen molar-refractivity contribution in [3.05, 3.63) is 41.5 Å². The summed E-state index contributed by atoms with van der Waals surface area (Å²) in [5.74, 6) is 0. The van der Waals surface area contributed by atoms with Crippen molar-refractivity contribution in [1.29, 1.82) is 0 Å². The second-order valence-corrected chi connectivity index (χ2v) is 4.85. The largest absolute Gasteiger partial charge is 0.328 e. The first-order valence-electron chi connectivity index (χ1n) is 5.00. The Balaban J connectivity index is 2.21. The van der Waals surface area contributed by atoms with Gasteiger partial charge >= 0.3 is 0 Å². The van der Waals surface area contributed by atoms with Gasteiger partial charge < -0.3 is 5.73 Å². The van der Waals surface area contributed by atoms with Gasteiger partial charge in [-0.25, -0.2) is 0 Å². The first-order valence-corrected chi connectivity index (χ1v) is 5.82. The first kappa shape index (κ1) is 10.3. The van der Waals surface area contributed by atoms with Crippen LogP contribution in [0.5, 0.6) is 0 Å². The van der Waals surface area contributed by atoms with Crippen molar-refractivity contribution >= 4 is 11.3 Å². The van der Waals surface area contributed by atoms with E-state index in [1.165, 1.54) is 15.3 Å². The summed E-state index contributed by atoms with van der Waals surface area (Å²) in [6.45, 7) is 2.03. The molecule has 2 rings (SSSR count). The number of hydrogen-bond acceptors (Lipinski definition) is 3. The maximum atomic E-state index is 5.77. The molecule has 78 valence electrons. The van der Waals surface area contributed by atoms with Crippen molar-refractivity contribution in [2.24, 2.45) is 5.73 Å². The smallest absolute Gasteiger partial charge is 0.0346 e. The SMILES string of the molecule is CC(N)Cc1ccc(-c2ccncc2)s1. The van der Waals surface area contributed by atoms with Crippen molar-refractivity contribution in [3.8, 4) is 10.4 Å². The minimum atomic E-state index is 0.231. The van der Waals surface area contributed by atoms with E-state index in [-0.39, 0.29) is 6.04 Å². The summed E-state index contributed by atoms with van der Waals surface area (Å²) in [5, 5.41) is 0. The van der Waals surface area contributed by atoms with Gasteiger partial charge in [-0.2, -0.15) is 0 Å². The fourth-order valence-electron chi connectivity index (χ4n) is 1.48. The number of hydrogen-bond donors (Lipinski definition) is 1. The minimum absolute atomic E-state index is 0.231. The third-order valence-corrected chi connectivity index (χ3v) is 3.31. The molecular formula is C12H14N2S. The van der Waals surface area contributed by atoms with Crippen LogP contribution in [0.2, 0.25) is 0 Å². The van der Waals surface area contributed by atoms with Crippen LogP contribution >= 0.6 is 11.3 Å². The van der Waals surface area contributed by atoms with Crippen LogP contribution in [0.4, 0.5) is 0 Å². The molecule has 1 atom stereocenters. The molecule has 0 amide bonds. The molecular weight excluding hydrogens is 204 g/mol. The van der Waals surface area contributed by atoms with Crippen molar-refractivity contribution in [3.63, 3.8) is 0 Å². The highest BCUT2D eigenvalue weighted by atomic mass is 32.1. The van der Waals surface area contributed by atoms with Crippen molar-refractivity contribution < 1.29 is 0 Å². The van der Waals surface area contributed by atoms with E-state index in [9.17, 15) is 0 Å². The molecule has 0 aliphatic rings. The Morgan fingerprint density at radius 1 is 1.27 bits per heavy atom. The molecule has 0 bridgehead atoms. The Bertz CT molecular complexity index is 420. The van der Waals surface area contributed by atoms with Crippen LogP contribution in [-0.4, -0.2) is 11.0 Å². The predicted octanol–water partition coefficient (Wildman–Crippen LogP) is 2.70. The molecule has 3 heteroatoms. The zero-order valence-electron chi connectivity index (χ0n) is 8.68. The molecule has 0 saturated heterocycles.